The lowest BCUT2D eigenvalue weighted by atomic mass is 10.1. The number of ether oxygens (including phenoxy) is 1. The van der Waals surface area contributed by atoms with Gasteiger partial charge < -0.3 is 10.5 Å². The number of aryl methyl sites for hydroxylation is 1. The van der Waals surface area contributed by atoms with Crippen molar-refractivity contribution in [3.63, 3.8) is 0 Å². The number of carbonyl (C=O) groups excluding carboxylic acids is 1. The average molecular weight is 214 g/mol. The fraction of sp³-hybridized carbons (Fsp3) is 0.300. The first-order valence-electron chi connectivity index (χ1n) is 4.15. The summed E-state index contributed by atoms with van der Waals surface area (Å²) in [6.07, 6.45) is 0. The van der Waals surface area contributed by atoms with Crippen LogP contribution in [0.3, 0.4) is 0 Å². The van der Waals surface area contributed by atoms with Gasteiger partial charge in [0.25, 0.3) is 0 Å². The molecule has 76 valence electrons. The van der Waals surface area contributed by atoms with E-state index in [1.807, 2.05) is 13.0 Å². The van der Waals surface area contributed by atoms with Crippen molar-refractivity contribution in [2.24, 2.45) is 5.73 Å². The third-order valence-corrected chi connectivity index (χ3v) is 2.42. The highest BCUT2D eigenvalue weighted by atomic mass is 35.5. The van der Waals surface area contributed by atoms with E-state index in [2.05, 4.69) is 4.74 Å². The molecule has 1 aromatic rings. The summed E-state index contributed by atoms with van der Waals surface area (Å²) in [4.78, 5) is 11.1. The van der Waals surface area contributed by atoms with Crippen LogP contribution in [-0.4, -0.2) is 13.1 Å². The normalized spacial score (nSPS) is 12.3. The maximum atomic E-state index is 11.1. The standard InChI is InChI=1S/C10H12ClNO2/c1-6-3-4-7(5-8(6)11)9(12)10(13)14-2/h3-5,9H,12H2,1-2H3/t9-/m1/s1. The number of halogens is 1. The molecule has 3 nitrogen and oxygen atoms in total. The molecule has 4 heteroatoms. The van der Waals surface area contributed by atoms with Crippen LogP contribution >= 0.6 is 11.6 Å². The van der Waals surface area contributed by atoms with Crippen LogP contribution in [0.15, 0.2) is 18.2 Å². The van der Waals surface area contributed by atoms with Crippen molar-refractivity contribution in [3.05, 3.63) is 34.3 Å². The van der Waals surface area contributed by atoms with E-state index in [4.69, 9.17) is 17.3 Å². The van der Waals surface area contributed by atoms with Crippen LogP contribution in [0.5, 0.6) is 0 Å². The number of carbonyl (C=O) groups is 1. The van der Waals surface area contributed by atoms with Gasteiger partial charge in [-0.05, 0) is 24.1 Å². The summed E-state index contributed by atoms with van der Waals surface area (Å²) in [5.41, 5.74) is 7.25. The van der Waals surface area contributed by atoms with E-state index in [1.165, 1.54) is 7.11 Å². The zero-order valence-corrected chi connectivity index (χ0v) is 8.84. The summed E-state index contributed by atoms with van der Waals surface area (Å²) < 4.78 is 4.53. The van der Waals surface area contributed by atoms with E-state index in [1.54, 1.807) is 12.1 Å². The van der Waals surface area contributed by atoms with Gasteiger partial charge in [-0.1, -0.05) is 23.7 Å². The molecule has 1 aromatic carbocycles. The van der Waals surface area contributed by atoms with E-state index in [0.29, 0.717) is 10.6 Å². The summed E-state index contributed by atoms with van der Waals surface area (Å²) in [6, 6.07) is 4.50. The fourth-order valence-corrected chi connectivity index (χ4v) is 1.25. The molecule has 14 heavy (non-hydrogen) atoms. The molecule has 0 aromatic heterocycles. The molecule has 0 aliphatic heterocycles. The Kier molecular flexibility index (Phi) is 3.49. The molecule has 0 amide bonds. The zero-order chi connectivity index (χ0) is 10.7. The summed E-state index contributed by atoms with van der Waals surface area (Å²) in [5, 5.41) is 0.599. The van der Waals surface area contributed by atoms with Gasteiger partial charge in [-0.15, -0.1) is 0 Å². The molecule has 0 spiro atoms. The zero-order valence-electron chi connectivity index (χ0n) is 8.08. The molecule has 0 saturated carbocycles. The lowest BCUT2D eigenvalue weighted by molar-refractivity contribution is -0.142. The highest BCUT2D eigenvalue weighted by Crippen LogP contribution is 2.20. The molecule has 1 rings (SSSR count). The largest absolute Gasteiger partial charge is 0.468 e. The number of rotatable bonds is 2. The smallest absolute Gasteiger partial charge is 0.327 e. The molecule has 2 N–H and O–H groups in total. The second-order valence-electron chi connectivity index (χ2n) is 3.01. The molecular formula is C10H12ClNO2. The highest BCUT2D eigenvalue weighted by Gasteiger charge is 2.16. The Morgan fingerprint density at radius 3 is 2.71 bits per heavy atom. The van der Waals surface area contributed by atoms with E-state index in [0.717, 1.165) is 5.56 Å². The first kappa shape index (κ1) is 11.0. The number of benzene rings is 1. The third-order valence-electron chi connectivity index (χ3n) is 2.01. The maximum Gasteiger partial charge on any atom is 0.327 e. The number of nitrogens with two attached hydrogens (primary N) is 1. The minimum absolute atomic E-state index is 0.468. The Bertz CT molecular complexity index is 352. The van der Waals surface area contributed by atoms with Gasteiger partial charge in [0.1, 0.15) is 6.04 Å². The minimum atomic E-state index is -0.766. The summed E-state index contributed by atoms with van der Waals surface area (Å²) >= 11 is 5.90. The lowest BCUT2D eigenvalue weighted by Crippen LogP contribution is -2.22. The fourth-order valence-electron chi connectivity index (χ4n) is 1.07. The van der Waals surface area contributed by atoms with Crippen LogP contribution in [0, 0.1) is 6.92 Å². The SMILES string of the molecule is COC(=O)[C@H](N)c1ccc(C)c(Cl)c1. The van der Waals surface area contributed by atoms with Gasteiger partial charge in [-0.3, -0.25) is 4.79 Å². The Morgan fingerprint density at radius 2 is 2.21 bits per heavy atom. The van der Waals surface area contributed by atoms with Crippen molar-refractivity contribution in [1.82, 2.24) is 0 Å². The average Bonchev–Trinajstić information content (AvgIpc) is 2.20. The molecule has 0 saturated heterocycles. The molecule has 0 bridgehead atoms. The number of hydrogen-bond acceptors (Lipinski definition) is 3. The van der Waals surface area contributed by atoms with E-state index >= 15 is 0 Å². The Morgan fingerprint density at radius 1 is 1.57 bits per heavy atom. The van der Waals surface area contributed by atoms with Crippen molar-refractivity contribution in [2.45, 2.75) is 13.0 Å². The predicted octanol–water partition coefficient (Wildman–Crippen LogP) is 1.82. The monoisotopic (exact) mass is 213 g/mol. The summed E-state index contributed by atoms with van der Waals surface area (Å²) in [5.74, 6) is -0.468. The molecule has 0 aliphatic carbocycles. The molecule has 0 aliphatic rings. The topological polar surface area (TPSA) is 52.3 Å². The van der Waals surface area contributed by atoms with Crippen molar-refractivity contribution in [2.75, 3.05) is 7.11 Å². The van der Waals surface area contributed by atoms with Crippen molar-refractivity contribution in [1.29, 1.82) is 0 Å². The van der Waals surface area contributed by atoms with Crippen LogP contribution in [0.25, 0.3) is 0 Å². The van der Waals surface area contributed by atoms with E-state index in [-0.39, 0.29) is 0 Å². The van der Waals surface area contributed by atoms with Crippen LogP contribution in [0.4, 0.5) is 0 Å². The maximum absolute atomic E-state index is 11.1. The summed E-state index contributed by atoms with van der Waals surface area (Å²) in [7, 11) is 1.30. The quantitative estimate of drug-likeness (QED) is 0.763. The van der Waals surface area contributed by atoms with Gasteiger partial charge in [-0.2, -0.15) is 0 Å². The second kappa shape index (κ2) is 4.44. The van der Waals surface area contributed by atoms with E-state index in [9.17, 15) is 4.79 Å². The summed E-state index contributed by atoms with van der Waals surface area (Å²) in [6.45, 7) is 1.88. The molecule has 0 heterocycles. The van der Waals surface area contributed by atoms with Crippen LogP contribution in [0.2, 0.25) is 5.02 Å². The minimum Gasteiger partial charge on any atom is -0.468 e. The van der Waals surface area contributed by atoms with Gasteiger partial charge in [-0.25, -0.2) is 0 Å². The number of esters is 1. The van der Waals surface area contributed by atoms with Gasteiger partial charge in [0.15, 0.2) is 0 Å². The molecular weight excluding hydrogens is 202 g/mol. The molecule has 0 radical (unpaired) electrons. The Balaban J connectivity index is 2.96. The molecule has 1 atom stereocenters. The number of methoxy groups -OCH3 is 1. The predicted molar refractivity (Wildman–Crippen MR) is 55.1 cm³/mol. The first-order valence-corrected chi connectivity index (χ1v) is 4.53. The van der Waals surface area contributed by atoms with Gasteiger partial charge in [0.2, 0.25) is 0 Å². The molecule has 0 fully saturated rings. The van der Waals surface area contributed by atoms with Crippen molar-refractivity contribution in [3.8, 4) is 0 Å². The van der Waals surface area contributed by atoms with Gasteiger partial charge in [0.05, 0.1) is 7.11 Å². The van der Waals surface area contributed by atoms with Crippen molar-refractivity contribution >= 4 is 17.6 Å². The Hall–Kier alpha value is -1.06. The van der Waals surface area contributed by atoms with Crippen molar-refractivity contribution < 1.29 is 9.53 Å². The van der Waals surface area contributed by atoms with Crippen LogP contribution in [0.1, 0.15) is 17.2 Å². The van der Waals surface area contributed by atoms with Gasteiger partial charge >= 0.3 is 5.97 Å². The first-order chi connectivity index (χ1) is 6.56. The second-order valence-corrected chi connectivity index (χ2v) is 3.42. The third kappa shape index (κ3) is 2.25. The lowest BCUT2D eigenvalue weighted by Gasteiger charge is -2.10. The number of hydrogen-bond donors (Lipinski definition) is 1. The Labute approximate surface area is 87.8 Å². The van der Waals surface area contributed by atoms with Crippen LogP contribution < -0.4 is 5.73 Å². The van der Waals surface area contributed by atoms with Crippen LogP contribution in [-0.2, 0) is 9.53 Å². The highest BCUT2D eigenvalue weighted by molar-refractivity contribution is 6.31. The molecule has 0 unspecified atom stereocenters. The van der Waals surface area contributed by atoms with E-state index < -0.39 is 12.0 Å². The van der Waals surface area contributed by atoms with Gasteiger partial charge in [0, 0.05) is 5.02 Å².